The molecule has 0 amide bonds. The molecule has 3 nitrogen and oxygen atoms in total. The Morgan fingerprint density at radius 2 is 2.28 bits per heavy atom. The van der Waals surface area contributed by atoms with Crippen molar-refractivity contribution in [3.63, 3.8) is 0 Å². The molecule has 1 aliphatic heterocycles. The molecule has 0 atom stereocenters. The van der Waals surface area contributed by atoms with Crippen molar-refractivity contribution in [2.45, 2.75) is 32.7 Å². The summed E-state index contributed by atoms with van der Waals surface area (Å²) in [6.45, 7) is 3.25. The van der Waals surface area contributed by atoms with Gasteiger partial charge in [0, 0.05) is 18.1 Å². The lowest BCUT2D eigenvalue weighted by Gasteiger charge is -2.03. The summed E-state index contributed by atoms with van der Waals surface area (Å²) in [6, 6.07) is 6.22. The minimum atomic E-state index is -0.209. The second-order valence-corrected chi connectivity index (χ2v) is 4.73. The molecule has 1 aromatic carbocycles. The Hall–Kier alpha value is -1.77. The number of ether oxygens (including phenoxy) is 1. The van der Waals surface area contributed by atoms with Crippen molar-refractivity contribution in [1.82, 2.24) is 4.57 Å². The molecule has 0 unspecified atom stereocenters. The van der Waals surface area contributed by atoms with Crippen LogP contribution in [-0.2, 0) is 17.7 Å². The van der Waals surface area contributed by atoms with E-state index in [1.165, 1.54) is 23.9 Å². The molecule has 3 heteroatoms. The van der Waals surface area contributed by atoms with E-state index in [1.54, 1.807) is 0 Å². The number of esters is 1. The summed E-state index contributed by atoms with van der Waals surface area (Å²) in [6.07, 6.45) is 5.44. The van der Waals surface area contributed by atoms with Gasteiger partial charge in [-0.1, -0.05) is 18.2 Å². The highest BCUT2D eigenvalue weighted by Gasteiger charge is 2.19. The molecule has 0 radical (unpaired) electrons. The van der Waals surface area contributed by atoms with E-state index in [1.807, 2.05) is 25.3 Å². The molecule has 0 bridgehead atoms. The van der Waals surface area contributed by atoms with Gasteiger partial charge in [0.05, 0.1) is 17.7 Å². The zero-order chi connectivity index (χ0) is 12.5. The SMILES string of the molecule is CCOC(=O)c1cn2c3c(cccc13)CCCC2. The van der Waals surface area contributed by atoms with Crippen LogP contribution >= 0.6 is 0 Å². The lowest BCUT2D eigenvalue weighted by Crippen LogP contribution is -2.04. The van der Waals surface area contributed by atoms with Crippen LogP contribution in [-0.4, -0.2) is 17.1 Å². The summed E-state index contributed by atoms with van der Waals surface area (Å²) < 4.78 is 7.35. The highest BCUT2D eigenvalue weighted by atomic mass is 16.5. The Morgan fingerprint density at radius 3 is 3.11 bits per heavy atom. The van der Waals surface area contributed by atoms with Crippen molar-refractivity contribution in [2.75, 3.05) is 6.61 Å². The number of rotatable bonds is 2. The summed E-state index contributed by atoms with van der Waals surface area (Å²) in [5.41, 5.74) is 3.27. The first kappa shape index (κ1) is 11.3. The highest BCUT2D eigenvalue weighted by Crippen LogP contribution is 2.29. The van der Waals surface area contributed by atoms with Crippen LogP contribution in [0.5, 0.6) is 0 Å². The van der Waals surface area contributed by atoms with E-state index in [0.717, 1.165) is 18.4 Å². The number of carbonyl (C=O) groups excluding carboxylic acids is 1. The smallest absolute Gasteiger partial charge is 0.340 e. The molecule has 94 valence electrons. The Balaban J connectivity index is 2.20. The fourth-order valence-corrected chi connectivity index (χ4v) is 2.78. The number of carbonyl (C=O) groups is 1. The van der Waals surface area contributed by atoms with Crippen molar-refractivity contribution >= 4 is 16.9 Å². The van der Waals surface area contributed by atoms with Crippen molar-refractivity contribution in [3.8, 4) is 0 Å². The van der Waals surface area contributed by atoms with E-state index in [4.69, 9.17) is 4.74 Å². The molecule has 3 rings (SSSR count). The van der Waals surface area contributed by atoms with Crippen molar-refractivity contribution in [3.05, 3.63) is 35.5 Å². The van der Waals surface area contributed by atoms with Gasteiger partial charge in [0.25, 0.3) is 0 Å². The highest BCUT2D eigenvalue weighted by molar-refractivity contribution is 6.05. The van der Waals surface area contributed by atoms with Crippen LogP contribution in [0.15, 0.2) is 24.4 Å². The lowest BCUT2D eigenvalue weighted by atomic mass is 10.0. The Kier molecular flexibility index (Phi) is 2.82. The lowest BCUT2D eigenvalue weighted by molar-refractivity contribution is 0.0528. The van der Waals surface area contributed by atoms with Crippen LogP contribution in [0.2, 0.25) is 0 Å². The van der Waals surface area contributed by atoms with Crippen LogP contribution < -0.4 is 0 Å². The summed E-state index contributed by atoms with van der Waals surface area (Å²) in [5, 5.41) is 1.04. The van der Waals surface area contributed by atoms with E-state index >= 15 is 0 Å². The Bertz CT molecular complexity index is 598. The van der Waals surface area contributed by atoms with E-state index in [9.17, 15) is 4.79 Å². The fraction of sp³-hybridized carbons (Fsp3) is 0.400. The van der Waals surface area contributed by atoms with Crippen LogP contribution in [0.3, 0.4) is 0 Å². The molecule has 1 aliphatic rings. The zero-order valence-electron chi connectivity index (χ0n) is 10.6. The van der Waals surface area contributed by atoms with Gasteiger partial charge in [-0.2, -0.15) is 0 Å². The average molecular weight is 243 g/mol. The van der Waals surface area contributed by atoms with Gasteiger partial charge in [-0.3, -0.25) is 0 Å². The molecule has 18 heavy (non-hydrogen) atoms. The van der Waals surface area contributed by atoms with Crippen molar-refractivity contribution in [2.24, 2.45) is 0 Å². The van der Waals surface area contributed by atoms with Crippen LogP contribution in [0.25, 0.3) is 10.9 Å². The number of para-hydroxylation sites is 1. The van der Waals surface area contributed by atoms with E-state index in [2.05, 4.69) is 10.6 Å². The van der Waals surface area contributed by atoms with Gasteiger partial charge in [-0.15, -0.1) is 0 Å². The maximum absolute atomic E-state index is 12.0. The minimum Gasteiger partial charge on any atom is -0.462 e. The van der Waals surface area contributed by atoms with Gasteiger partial charge in [0.15, 0.2) is 0 Å². The van der Waals surface area contributed by atoms with Gasteiger partial charge in [-0.25, -0.2) is 4.79 Å². The van der Waals surface area contributed by atoms with Gasteiger partial charge < -0.3 is 9.30 Å². The number of hydrogen-bond donors (Lipinski definition) is 0. The molecule has 0 saturated carbocycles. The first-order valence-corrected chi connectivity index (χ1v) is 6.59. The topological polar surface area (TPSA) is 31.2 Å². The third-order valence-corrected chi connectivity index (χ3v) is 3.57. The van der Waals surface area contributed by atoms with Crippen LogP contribution in [0.4, 0.5) is 0 Å². The summed E-state index contributed by atoms with van der Waals surface area (Å²) in [4.78, 5) is 12.0. The average Bonchev–Trinajstić information content (AvgIpc) is 2.61. The number of hydrogen-bond acceptors (Lipinski definition) is 2. The largest absolute Gasteiger partial charge is 0.462 e. The van der Waals surface area contributed by atoms with Crippen molar-refractivity contribution < 1.29 is 9.53 Å². The van der Waals surface area contributed by atoms with Gasteiger partial charge >= 0.3 is 5.97 Å². The zero-order valence-corrected chi connectivity index (χ0v) is 10.6. The normalized spacial score (nSPS) is 14.5. The molecule has 2 aromatic rings. The summed E-state index contributed by atoms with van der Waals surface area (Å²) in [7, 11) is 0. The van der Waals surface area contributed by atoms with Crippen LogP contribution in [0.1, 0.15) is 35.7 Å². The van der Waals surface area contributed by atoms with E-state index < -0.39 is 0 Å². The summed E-state index contributed by atoms with van der Waals surface area (Å²) in [5.74, 6) is -0.209. The predicted molar refractivity (Wildman–Crippen MR) is 70.8 cm³/mol. The standard InChI is InChI=1S/C15H17NO2/c1-2-18-15(17)13-10-16-9-4-3-6-11-7-5-8-12(13)14(11)16/h5,7-8,10H,2-4,6,9H2,1H3. The minimum absolute atomic E-state index is 0.209. The molecule has 0 N–H and O–H groups in total. The number of aromatic nitrogens is 1. The van der Waals surface area contributed by atoms with Gasteiger partial charge in [-0.05, 0) is 31.7 Å². The Morgan fingerprint density at radius 1 is 1.39 bits per heavy atom. The second-order valence-electron chi connectivity index (χ2n) is 4.73. The fourth-order valence-electron chi connectivity index (χ4n) is 2.78. The predicted octanol–water partition coefficient (Wildman–Crippen LogP) is 3.15. The molecule has 0 fully saturated rings. The number of benzene rings is 1. The van der Waals surface area contributed by atoms with Gasteiger partial charge in [0.1, 0.15) is 0 Å². The van der Waals surface area contributed by atoms with E-state index in [0.29, 0.717) is 12.2 Å². The first-order valence-electron chi connectivity index (χ1n) is 6.59. The van der Waals surface area contributed by atoms with Crippen LogP contribution in [0, 0.1) is 0 Å². The Labute approximate surface area is 106 Å². The third-order valence-electron chi connectivity index (χ3n) is 3.57. The first-order chi connectivity index (χ1) is 8.81. The van der Waals surface area contributed by atoms with Gasteiger partial charge in [0.2, 0.25) is 0 Å². The monoisotopic (exact) mass is 243 g/mol. The summed E-state index contributed by atoms with van der Waals surface area (Å²) >= 11 is 0. The number of nitrogens with zero attached hydrogens (tertiary/aromatic N) is 1. The molecular weight excluding hydrogens is 226 g/mol. The molecule has 1 aromatic heterocycles. The third kappa shape index (κ3) is 1.70. The molecule has 0 saturated heterocycles. The molecule has 0 spiro atoms. The van der Waals surface area contributed by atoms with Crippen molar-refractivity contribution in [1.29, 1.82) is 0 Å². The maximum atomic E-state index is 12.0. The molecule has 0 aliphatic carbocycles. The number of aryl methyl sites for hydroxylation is 2. The van der Waals surface area contributed by atoms with E-state index in [-0.39, 0.29) is 5.97 Å². The molecule has 2 heterocycles. The maximum Gasteiger partial charge on any atom is 0.340 e. The quantitative estimate of drug-likeness (QED) is 0.759. The molecular formula is C15H17NO2. The second kappa shape index (κ2) is 4.48.